The molecule has 0 aliphatic carbocycles. The topological polar surface area (TPSA) is 12.0 Å². The predicted molar refractivity (Wildman–Crippen MR) is 83.1 cm³/mol. The van der Waals surface area contributed by atoms with Crippen molar-refractivity contribution in [2.24, 2.45) is 0 Å². The number of halogens is 2. The van der Waals surface area contributed by atoms with Crippen LogP contribution in [-0.4, -0.2) is 23.6 Å². The van der Waals surface area contributed by atoms with Gasteiger partial charge in [-0.05, 0) is 49.3 Å². The summed E-state index contributed by atoms with van der Waals surface area (Å²) in [6.45, 7) is 3.14. The monoisotopic (exact) mass is 303 g/mol. The first-order valence-electron chi connectivity index (χ1n) is 6.50. The van der Waals surface area contributed by atoms with Crippen molar-refractivity contribution in [3.8, 4) is 0 Å². The Hall–Kier alpha value is 0.110. The van der Waals surface area contributed by atoms with Gasteiger partial charge in [0, 0.05) is 21.3 Å². The molecule has 1 saturated heterocycles. The first-order valence-corrected chi connectivity index (χ1v) is 8.30. The van der Waals surface area contributed by atoms with Crippen molar-refractivity contribution < 1.29 is 0 Å². The molecule has 0 saturated carbocycles. The van der Waals surface area contributed by atoms with E-state index in [4.69, 9.17) is 23.2 Å². The smallest absolute Gasteiger partial charge is 0.0453 e. The fourth-order valence-electron chi connectivity index (χ4n) is 2.46. The van der Waals surface area contributed by atoms with Crippen molar-refractivity contribution in [2.45, 2.75) is 37.5 Å². The van der Waals surface area contributed by atoms with Gasteiger partial charge in [0.15, 0.2) is 0 Å². The van der Waals surface area contributed by atoms with E-state index in [9.17, 15) is 0 Å². The van der Waals surface area contributed by atoms with E-state index in [1.54, 1.807) is 0 Å². The van der Waals surface area contributed by atoms with Crippen molar-refractivity contribution in [3.63, 3.8) is 0 Å². The van der Waals surface area contributed by atoms with Crippen LogP contribution in [0, 0.1) is 0 Å². The standard InChI is InChI=1S/C14H19Cl2NS/c1-2-17-13(14-7-4-8-18-14)9-10-11(15)5-3-6-12(10)16/h3,5-6,13-14,17H,2,4,7-9H2,1H3. The molecule has 1 fully saturated rings. The van der Waals surface area contributed by atoms with Crippen molar-refractivity contribution in [1.29, 1.82) is 0 Å². The van der Waals surface area contributed by atoms with Gasteiger partial charge >= 0.3 is 0 Å². The van der Waals surface area contributed by atoms with E-state index in [0.717, 1.165) is 28.6 Å². The van der Waals surface area contributed by atoms with Crippen molar-refractivity contribution >= 4 is 35.0 Å². The van der Waals surface area contributed by atoms with E-state index in [2.05, 4.69) is 24.0 Å². The van der Waals surface area contributed by atoms with E-state index < -0.39 is 0 Å². The molecule has 1 aromatic rings. The van der Waals surface area contributed by atoms with Crippen LogP contribution >= 0.6 is 35.0 Å². The molecule has 1 nitrogen and oxygen atoms in total. The quantitative estimate of drug-likeness (QED) is 0.865. The van der Waals surface area contributed by atoms with Crippen molar-refractivity contribution in [1.82, 2.24) is 5.32 Å². The predicted octanol–water partition coefficient (Wildman–Crippen LogP) is 4.41. The van der Waals surface area contributed by atoms with Crippen molar-refractivity contribution in [3.05, 3.63) is 33.8 Å². The number of likely N-dealkylation sites (N-methyl/N-ethyl adjacent to an activating group) is 1. The van der Waals surface area contributed by atoms with Gasteiger partial charge in [-0.2, -0.15) is 11.8 Å². The summed E-state index contributed by atoms with van der Waals surface area (Å²) in [5.74, 6) is 1.28. The summed E-state index contributed by atoms with van der Waals surface area (Å²) in [7, 11) is 0. The molecular weight excluding hydrogens is 285 g/mol. The molecule has 18 heavy (non-hydrogen) atoms. The van der Waals surface area contributed by atoms with Crippen LogP contribution in [0.4, 0.5) is 0 Å². The third-order valence-corrected chi connectivity index (χ3v) is 5.59. The molecule has 2 atom stereocenters. The van der Waals surface area contributed by atoms with Crippen LogP contribution in [-0.2, 0) is 6.42 Å². The lowest BCUT2D eigenvalue weighted by Crippen LogP contribution is -2.39. The molecule has 100 valence electrons. The van der Waals surface area contributed by atoms with Gasteiger partial charge in [0.2, 0.25) is 0 Å². The molecule has 0 bridgehead atoms. The summed E-state index contributed by atoms with van der Waals surface area (Å²) in [5, 5.41) is 5.85. The molecule has 0 radical (unpaired) electrons. The summed E-state index contributed by atoms with van der Waals surface area (Å²) in [6.07, 6.45) is 3.54. The van der Waals surface area contributed by atoms with E-state index in [0.29, 0.717) is 11.3 Å². The molecule has 1 N–H and O–H groups in total. The van der Waals surface area contributed by atoms with Gasteiger partial charge in [0.25, 0.3) is 0 Å². The second-order valence-electron chi connectivity index (χ2n) is 4.62. The lowest BCUT2D eigenvalue weighted by atomic mass is 10.0. The Morgan fingerprint density at radius 3 is 2.67 bits per heavy atom. The Kier molecular flexibility index (Phi) is 5.68. The van der Waals surface area contributed by atoms with Gasteiger partial charge < -0.3 is 5.32 Å². The Balaban J connectivity index is 2.12. The van der Waals surface area contributed by atoms with Gasteiger partial charge in [-0.25, -0.2) is 0 Å². The van der Waals surface area contributed by atoms with E-state index in [1.807, 2.05) is 18.2 Å². The van der Waals surface area contributed by atoms with Gasteiger partial charge in [-0.3, -0.25) is 0 Å². The molecule has 4 heteroatoms. The molecule has 0 spiro atoms. The average Bonchev–Trinajstić information content (AvgIpc) is 2.86. The van der Waals surface area contributed by atoms with Crippen LogP contribution in [0.2, 0.25) is 10.0 Å². The maximum atomic E-state index is 6.26. The second-order valence-corrected chi connectivity index (χ2v) is 6.78. The fourth-order valence-corrected chi connectivity index (χ4v) is 4.41. The largest absolute Gasteiger partial charge is 0.313 e. The fraction of sp³-hybridized carbons (Fsp3) is 0.571. The Morgan fingerprint density at radius 2 is 2.11 bits per heavy atom. The highest BCUT2D eigenvalue weighted by molar-refractivity contribution is 8.00. The van der Waals surface area contributed by atoms with Gasteiger partial charge in [-0.15, -0.1) is 0 Å². The summed E-state index contributed by atoms with van der Waals surface area (Å²) in [4.78, 5) is 0. The Labute approximate surface area is 124 Å². The summed E-state index contributed by atoms with van der Waals surface area (Å²) in [6, 6.07) is 6.22. The normalized spacial score (nSPS) is 21.2. The lowest BCUT2D eigenvalue weighted by Gasteiger charge is -2.24. The highest BCUT2D eigenvalue weighted by atomic mass is 35.5. The number of rotatable bonds is 5. The number of hydrogen-bond acceptors (Lipinski definition) is 2. The van der Waals surface area contributed by atoms with Gasteiger partial charge in [0.1, 0.15) is 0 Å². The molecular formula is C14H19Cl2NS. The lowest BCUT2D eigenvalue weighted by molar-refractivity contribution is 0.495. The first kappa shape index (κ1) is 14.5. The third-order valence-electron chi connectivity index (χ3n) is 3.37. The number of thioether (sulfide) groups is 1. The minimum atomic E-state index is 0.472. The molecule has 0 aromatic heterocycles. The minimum Gasteiger partial charge on any atom is -0.313 e. The average molecular weight is 304 g/mol. The van der Waals surface area contributed by atoms with Gasteiger partial charge in [0.05, 0.1) is 0 Å². The highest BCUT2D eigenvalue weighted by Gasteiger charge is 2.26. The first-order chi connectivity index (χ1) is 8.72. The molecule has 1 aromatic carbocycles. The molecule has 1 heterocycles. The van der Waals surface area contributed by atoms with Crippen LogP contribution in [0.5, 0.6) is 0 Å². The summed E-state index contributed by atoms with van der Waals surface area (Å²) >= 11 is 14.6. The highest BCUT2D eigenvalue weighted by Crippen LogP contribution is 2.33. The number of hydrogen-bond donors (Lipinski definition) is 1. The zero-order chi connectivity index (χ0) is 13.0. The number of benzene rings is 1. The van der Waals surface area contributed by atoms with E-state index in [1.165, 1.54) is 18.6 Å². The van der Waals surface area contributed by atoms with Crippen LogP contribution < -0.4 is 5.32 Å². The minimum absolute atomic E-state index is 0.472. The van der Waals surface area contributed by atoms with Crippen LogP contribution in [0.25, 0.3) is 0 Å². The van der Waals surface area contributed by atoms with E-state index in [-0.39, 0.29) is 0 Å². The molecule has 0 amide bonds. The molecule has 2 unspecified atom stereocenters. The van der Waals surface area contributed by atoms with Crippen LogP contribution in [0.1, 0.15) is 25.3 Å². The SMILES string of the molecule is CCNC(Cc1c(Cl)cccc1Cl)C1CCCS1. The van der Waals surface area contributed by atoms with Crippen molar-refractivity contribution in [2.75, 3.05) is 12.3 Å². The molecule has 2 rings (SSSR count). The van der Waals surface area contributed by atoms with Crippen LogP contribution in [0.15, 0.2) is 18.2 Å². The maximum Gasteiger partial charge on any atom is 0.0453 e. The Bertz CT molecular complexity index is 371. The maximum absolute atomic E-state index is 6.26. The zero-order valence-corrected chi connectivity index (χ0v) is 12.9. The molecule has 1 aliphatic rings. The van der Waals surface area contributed by atoms with Crippen LogP contribution in [0.3, 0.4) is 0 Å². The zero-order valence-electron chi connectivity index (χ0n) is 10.6. The number of nitrogens with one attached hydrogen (secondary N) is 1. The van der Waals surface area contributed by atoms with E-state index >= 15 is 0 Å². The summed E-state index contributed by atoms with van der Waals surface area (Å²) in [5.41, 5.74) is 1.08. The van der Waals surface area contributed by atoms with Gasteiger partial charge in [-0.1, -0.05) is 36.2 Å². The third kappa shape index (κ3) is 3.57. The summed E-state index contributed by atoms with van der Waals surface area (Å²) < 4.78 is 0. The molecule has 1 aliphatic heterocycles. The second kappa shape index (κ2) is 7.04. The Morgan fingerprint density at radius 1 is 1.39 bits per heavy atom.